The molecule has 0 bridgehead atoms. The fourth-order valence-corrected chi connectivity index (χ4v) is 1.89. The Morgan fingerprint density at radius 2 is 1.80 bits per heavy atom. The number of ether oxygens (including phenoxy) is 1. The van der Waals surface area contributed by atoms with E-state index in [0.29, 0.717) is 5.75 Å². The predicted molar refractivity (Wildman–Crippen MR) is 74.1 cm³/mol. The number of Topliss-reactive ketones (excluding diaryl/α,β-unsaturated/α-hetero) is 1. The van der Waals surface area contributed by atoms with Crippen LogP contribution in [0.15, 0.2) is 48.5 Å². The van der Waals surface area contributed by atoms with Gasteiger partial charge >= 0.3 is 0 Å². The maximum absolute atomic E-state index is 12.2. The molecule has 0 atom stereocenters. The summed E-state index contributed by atoms with van der Waals surface area (Å²) in [6.45, 7) is 0. The van der Waals surface area contributed by atoms with Gasteiger partial charge in [-0.1, -0.05) is 24.3 Å². The van der Waals surface area contributed by atoms with Crippen LogP contribution in [0.2, 0.25) is 0 Å². The predicted octanol–water partition coefficient (Wildman–Crippen LogP) is 3.03. The van der Waals surface area contributed by atoms with Gasteiger partial charge in [0.1, 0.15) is 5.75 Å². The Morgan fingerprint density at radius 1 is 1.15 bits per heavy atom. The molecule has 5 heteroatoms. The van der Waals surface area contributed by atoms with Crippen LogP contribution in [-0.4, -0.2) is 17.8 Å². The molecule has 0 amide bonds. The lowest BCUT2D eigenvalue weighted by molar-refractivity contribution is -0.385. The minimum Gasteiger partial charge on any atom is -0.497 e. The van der Waals surface area contributed by atoms with Gasteiger partial charge < -0.3 is 4.74 Å². The highest BCUT2D eigenvalue weighted by molar-refractivity contribution is 6.01. The lowest BCUT2D eigenvalue weighted by Crippen LogP contribution is -2.06. The van der Waals surface area contributed by atoms with Crippen molar-refractivity contribution in [2.75, 3.05) is 7.11 Å². The first-order valence-corrected chi connectivity index (χ1v) is 6.01. The van der Waals surface area contributed by atoms with Crippen molar-refractivity contribution in [3.63, 3.8) is 0 Å². The number of hydrogen-bond donors (Lipinski definition) is 0. The Bertz CT molecular complexity index is 635. The normalized spacial score (nSPS) is 10.1. The van der Waals surface area contributed by atoms with Crippen molar-refractivity contribution >= 4 is 11.5 Å². The number of methoxy groups -OCH3 is 1. The van der Waals surface area contributed by atoms with Gasteiger partial charge in [0, 0.05) is 12.5 Å². The quantitative estimate of drug-likeness (QED) is 0.476. The molecule has 5 nitrogen and oxygen atoms in total. The number of benzene rings is 2. The smallest absolute Gasteiger partial charge is 0.280 e. The molecule has 2 rings (SSSR count). The minimum absolute atomic E-state index is 0.120. The second-order valence-corrected chi connectivity index (χ2v) is 4.22. The average Bonchev–Trinajstić information content (AvgIpc) is 2.48. The Morgan fingerprint density at radius 3 is 2.40 bits per heavy atom. The van der Waals surface area contributed by atoms with E-state index in [4.69, 9.17) is 4.74 Å². The first-order valence-electron chi connectivity index (χ1n) is 6.01. The van der Waals surface area contributed by atoms with Crippen molar-refractivity contribution < 1.29 is 14.5 Å². The van der Waals surface area contributed by atoms with Crippen LogP contribution in [0, 0.1) is 10.1 Å². The fraction of sp³-hybridized carbons (Fsp3) is 0.133. The monoisotopic (exact) mass is 271 g/mol. The van der Waals surface area contributed by atoms with E-state index in [2.05, 4.69) is 0 Å². The van der Waals surface area contributed by atoms with Crippen molar-refractivity contribution in [2.45, 2.75) is 6.42 Å². The van der Waals surface area contributed by atoms with Gasteiger partial charge in [0.15, 0.2) is 5.78 Å². The summed E-state index contributed by atoms with van der Waals surface area (Å²) in [7, 11) is 1.56. The highest BCUT2D eigenvalue weighted by Crippen LogP contribution is 2.20. The van der Waals surface area contributed by atoms with Crippen LogP contribution in [0.4, 0.5) is 5.69 Å². The summed E-state index contributed by atoms with van der Waals surface area (Å²) in [4.78, 5) is 22.5. The lowest BCUT2D eigenvalue weighted by Gasteiger charge is -2.04. The van der Waals surface area contributed by atoms with Gasteiger partial charge in [-0.05, 0) is 23.8 Å². The van der Waals surface area contributed by atoms with Gasteiger partial charge in [0.25, 0.3) is 5.69 Å². The first-order chi connectivity index (χ1) is 9.61. The van der Waals surface area contributed by atoms with Gasteiger partial charge in [0.05, 0.1) is 17.6 Å². The molecular weight excluding hydrogens is 258 g/mol. The number of carbonyl (C=O) groups excluding carboxylic acids is 1. The van der Waals surface area contributed by atoms with Gasteiger partial charge in [-0.15, -0.1) is 0 Å². The van der Waals surface area contributed by atoms with Crippen LogP contribution in [-0.2, 0) is 6.42 Å². The van der Waals surface area contributed by atoms with Crippen LogP contribution >= 0.6 is 0 Å². The Labute approximate surface area is 116 Å². The summed E-state index contributed by atoms with van der Waals surface area (Å²) in [5, 5.41) is 10.9. The summed E-state index contributed by atoms with van der Waals surface area (Å²) < 4.78 is 5.04. The zero-order valence-corrected chi connectivity index (χ0v) is 10.9. The van der Waals surface area contributed by atoms with E-state index >= 15 is 0 Å². The van der Waals surface area contributed by atoms with E-state index in [9.17, 15) is 14.9 Å². The third-order valence-electron chi connectivity index (χ3n) is 2.92. The van der Waals surface area contributed by atoms with Gasteiger partial charge in [-0.3, -0.25) is 14.9 Å². The SMILES string of the molecule is COc1ccc(CC(=O)c2ccccc2[N+](=O)[O-])cc1. The van der Waals surface area contributed by atoms with Crippen LogP contribution in [0.3, 0.4) is 0 Å². The van der Waals surface area contributed by atoms with Crippen molar-refractivity contribution in [1.29, 1.82) is 0 Å². The average molecular weight is 271 g/mol. The van der Waals surface area contributed by atoms with E-state index in [1.807, 2.05) is 0 Å². The number of hydrogen-bond acceptors (Lipinski definition) is 4. The van der Waals surface area contributed by atoms with Crippen molar-refractivity contribution in [2.24, 2.45) is 0 Å². The number of carbonyl (C=O) groups is 1. The lowest BCUT2D eigenvalue weighted by atomic mass is 10.0. The largest absolute Gasteiger partial charge is 0.497 e. The topological polar surface area (TPSA) is 69.4 Å². The highest BCUT2D eigenvalue weighted by atomic mass is 16.6. The Kier molecular flexibility index (Phi) is 4.10. The molecule has 2 aromatic rings. The van der Waals surface area contributed by atoms with E-state index in [1.54, 1.807) is 43.5 Å². The van der Waals surface area contributed by atoms with E-state index in [1.165, 1.54) is 12.1 Å². The second kappa shape index (κ2) is 5.97. The van der Waals surface area contributed by atoms with Crippen LogP contribution in [0.5, 0.6) is 5.75 Å². The number of nitrogens with zero attached hydrogens (tertiary/aromatic N) is 1. The number of nitro groups is 1. The molecule has 0 saturated heterocycles. The molecule has 0 radical (unpaired) electrons. The molecule has 0 aromatic heterocycles. The molecule has 0 unspecified atom stereocenters. The summed E-state index contributed by atoms with van der Waals surface area (Å²) in [6.07, 6.45) is 0.120. The second-order valence-electron chi connectivity index (χ2n) is 4.22. The van der Waals surface area contributed by atoms with E-state index < -0.39 is 4.92 Å². The first kappa shape index (κ1) is 13.7. The maximum Gasteiger partial charge on any atom is 0.280 e. The third-order valence-corrected chi connectivity index (χ3v) is 2.92. The van der Waals surface area contributed by atoms with Crippen LogP contribution in [0.25, 0.3) is 0 Å². The summed E-state index contributed by atoms with van der Waals surface area (Å²) in [5.41, 5.74) is 0.758. The zero-order valence-electron chi connectivity index (χ0n) is 10.9. The summed E-state index contributed by atoms with van der Waals surface area (Å²) >= 11 is 0. The molecule has 2 aromatic carbocycles. The number of rotatable bonds is 5. The fourth-order valence-electron chi connectivity index (χ4n) is 1.89. The maximum atomic E-state index is 12.2. The molecule has 0 heterocycles. The van der Waals surface area contributed by atoms with E-state index in [0.717, 1.165) is 5.56 Å². The highest BCUT2D eigenvalue weighted by Gasteiger charge is 2.19. The molecule has 0 fully saturated rings. The van der Waals surface area contributed by atoms with Gasteiger partial charge in [-0.2, -0.15) is 0 Å². The molecule has 0 spiro atoms. The standard InChI is InChI=1S/C15H13NO4/c1-20-12-8-6-11(7-9-12)10-15(17)13-4-2-3-5-14(13)16(18)19/h2-9H,10H2,1H3. The molecular formula is C15H13NO4. The zero-order chi connectivity index (χ0) is 14.5. The number of para-hydroxylation sites is 1. The number of nitro benzene ring substituents is 1. The number of ketones is 1. The van der Waals surface area contributed by atoms with Gasteiger partial charge in [0.2, 0.25) is 0 Å². The molecule has 20 heavy (non-hydrogen) atoms. The Hall–Kier alpha value is -2.69. The molecule has 0 aliphatic carbocycles. The summed E-state index contributed by atoms with van der Waals surface area (Å²) in [5.74, 6) is 0.425. The van der Waals surface area contributed by atoms with Gasteiger partial charge in [-0.25, -0.2) is 0 Å². The molecule has 0 saturated carbocycles. The van der Waals surface area contributed by atoms with Crippen molar-refractivity contribution in [3.05, 3.63) is 69.8 Å². The molecule has 0 aliphatic heterocycles. The third kappa shape index (κ3) is 3.00. The minimum atomic E-state index is -0.540. The van der Waals surface area contributed by atoms with Crippen molar-refractivity contribution in [3.8, 4) is 5.75 Å². The molecule has 0 N–H and O–H groups in total. The van der Waals surface area contributed by atoms with Crippen LogP contribution in [0.1, 0.15) is 15.9 Å². The molecule has 102 valence electrons. The van der Waals surface area contributed by atoms with Crippen molar-refractivity contribution in [1.82, 2.24) is 0 Å². The Balaban J connectivity index is 2.21. The summed E-state index contributed by atoms with van der Waals surface area (Å²) in [6, 6.07) is 13.0. The molecule has 0 aliphatic rings. The van der Waals surface area contributed by atoms with Crippen LogP contribution < -0.4 is 4.74 Å². The van der Waals surface area contributed by atoms with E-state index in [-0.39, 0.29) is 23.5 Å².